The van der Waals surface area contributed by atoms with Crippen LogP contribution in [0.5, 0.6) is 0 Å². The van der Waals surface area contributed by atoms with E-state index in [1.54, 1.807) is 18.6 Å². The average molecular weight is 309 g/mol. The second-order valence-corrected chi connectivity index (χ2v) is 5.98. The SMILES string of the molecule is O=C(c1c[nH]c2ncccc12)N1CCCC[C@H]1Cn1cccn1. The Labute approximate surface area is 134 Å². The maximum atomic E-state index is 13.1. The number of carbonyl (C=O) groups is 1. The number of aromatic amines is 1. The van der Waals surface area contributed by atoms with Gasteiger partial charge >= 0.3 is 0 Å². The summed E-state index contributed by atoms with van der Waals surface area (Å²) >= 11 is 0. The molecule has 4 rings (SSSR count). The minimum Gasteiger partial charge on any atom is -0.345 e. The lowest BCUT2D eigenvalue weighted by Crippen LogP contribution is -2.45. The molecule has 0 aromatic carbocycles. The van der Waals surface area contributed by atoms with Crippen LogP contribution < -0.4 is 0 Å². The second kappa shape index (κ2) is 5.87. The third kappa shape index (κ3) is 2.60. The van der Waals surface area contributed by atoms with E-state index in [0.717, 1.165) is 43.4 Å². The van der Waals surface area contributed by atoms with E-state index in [1.165, 1.54) is 0 Å². The Morgan fingerprint density at radius 2 is 2.26 bits per heavy atom. The number of carbonyl (C=O) groups excluding carboxylic acids is 1. The van der Waals surface area contributed by atoms with E-state index in [-0.39, 0.29) is 11.9 Å². The Morgan fingerprint density at radius 3 is 3.13 bits per heavy atom. The highest BCUT2D eigenvalue weighted by Crippen LogP contribution is 2.24. The van der Waals surface area contributed by atoms with Crippen LogP contribution in [0, 0.1) is 0 Å². The van der Waals surface area contributed by atoms with Crippen molar-refractivity contribution in [2.45, 2.75) is 31.8 Å². The average Bonchev–Trinajstić information content (AvgIpc) is 3.24. The first kappa shape index (κ1) is 14.0. The van der Waals surface area contributed by atoms with Crippen molar-refractivity contribution in [2.75, 3.05) is 6.54 Å². The van der Waals surface area contributed by atoms with E-state index < -0.39 is 0 Å². The zero-order valence-electron chi connectivity index (χ0n) is 12.9. The van der Waals surface area contributed by atoms with E-state index in [9.17, 15) is 4.79 Å². The fraction of sp³-hybridized carbons (Fsp3) is 0.353. The number of pyridine rings is 1. The van der Waals surface area contributed by atoms with Crippen molar-refractivity contribution < 1.29 is 4.79 Å². The van der Waals surface area contributed by atoms with Crippen LogP contribution in [0.3, 0.4) is 0 Å². The number of nitrogens with one attached hydrogen (secondary N) is 1. The molecule has 0 bridgehead atoms. The van der Waals surface area contributed by atoms with Gasteiger partial charge in [-0.25, -0.2) is 4.98 Å². The van der Waals surface area contributed by atoms with Crippen molar-refractivity contribution in [3.63, 3.8) is 0 Å². The van der Waals surface area contributed by atoms with E-state index in [2.05, 4.69) is 15.1 Å². The van der Waals surface area contributed by atoms with Crippen molar-refractivity contribution in [1.29, 1.82) is 0 Å². The van der Waals surface area contributed by atoms with Gasteiger partial charge in [0, 0.05) is 36.7 Å². The molecule has 0 radical (unpaired) electrons. The molecule has 3 aromatic heterocycles. The molecule has 1 amide bonds. The van der Waals surface area contributed by atoms with Crippen molar-refractivity contribution in [1.82, 2.24) is 24.6 Å². The summed E-state index contributed by atoms with van der Waals surface area (Å²) in [4.78, 5) is 22.4. The highest BCUT2D eigenvalue weighted by molar-refractivity contribution is 6.06. The van der Waals surface area contributed by atoms with Crippen LogP contribution in [0.1, 0.15) is 29.6 Å². The highest BCUT2D eigenvalue weighted by Gasteiger charge is 2.29. The van der Waals surface area contributed by atoms with Crippen LogP contribution >= 0.6 is 0 Å². The molecule has 23 heavy (non-hydrogen) atoms. The Hall–Kier alpha value is -2.63. The Morgan fingerprint density at radius 1 is 1.30 bits per heavy atom. The molecular formula is C17H19N5O. The number of amides is 1. The number of hydrogen-bond donors (Lipinski definition) is 1. The molecule has 0 spiro atoms. The van der Waals surface area contributed by atoms with E-state index in [4.69, 9.17) is 0 Å². The number of H-pyrrole nitrogens is 1. The minimum atomic E-state index is 0.0844. The van der Waals surface area contributed by atoms with Crippen LogP contribution in [0.4, 0.5) is 0 Å². The molecule has 1 N–H and O–H groups in total. The van der Waals surface area contributed by atoms with Gasteiger partial charge in [-0.1, -0.05) is 0 Å². The molecule has 1 fully saturated rings. The van der Waals surface area contributed by atoms with Gasteiger partial charge in [-0.05, 0) is 37.5 Å². The number of piperidine rings is 1. The van der Waals surface area contributed by atoms with Crippen LogP contribution in [0.25, 0.3) is 11.0 Å². The summed E-state index contributed by atoms with van der Waals surface area (Å²) in [5, 5.41) is 5.17. The quantitative estimate of drug-likeness (QED) is 0.808. The minimum absolute atomic E-state index is 0.0844. The zero-order chi connectivity index (χ0) is 15.6. The maximum Gasteiger partial charge on any atom is 0.256 e. The highest BCUT2D eigenvalue weighted by atomic mass is 16.2. The summed E-state index contributed by atoms with van der Waals surface area (Å²) < 4.78 is 1.91. The first-order valence-electron chi connectivity index (χ1n) is 8.03. The molecule has 1 aliphatic heterocycles. The van der Waals surface area contributed by atoms with Crippen molar-refractivity contribution in [2.24, 2.45) is 0 Å². The van der Waals surface area contributed by atoms with Crippen LogP contribution in [0.15, 0.2) is 43.0 Å². The first-order valence-corrected chi connectivity index (χ1v) is 8.03. The molecule has 0 aliphatic carbocycles. The molecule has 0 unspecified atom stereocenters. The maximum absolute atomic E-state index is 13.1. The monoisotopic (exact) mass is 309 g/mol. The predicted octanol–water partition coefficient (Wildman–Crippen LogP) is 2.45. The zero-order valence-corrected chi connectivity index (χ0v) is 12.9. The van der Waals surface area contributed by atoms with E-state index >= 15 is 0 Å². The van der Waals surface area contributed by atoms with Crippen molar-refractivity contribution in [3.05, 3.63) is 48.5 Å². The van der Waals surface area contributed by atoms with Gasteiger partial charge in [-0.15, -0.1) is 0 Å². The van der Waals surface area contributed by atoms with Gasteiger partial charge < -0.3 is 9.88 Å². The molecule has 1 atom stereocenters. The van der Waals surface area contributed by atoms with Crippen molar-refractivity contribution in [3.8, 4) is 0 Å². The number of rotatable bonds is 3. The lowest BCUT2D eigenvalue weighted by atomic mass is 10.0. The molecule has 0 saturated carbocycles. The fourth-order valence-corrected chi connectivity index (χ4v) is 3.37. The molecular weight excluding hydrogens is 290 g/mol. The molecule has 118 valence electrons. The molecule has 3 aromatic rings. The smallest absolute Gasteiger partial charge is 0.256 e. The lowest BCUT2D eigenvalue weighted by molar-refractivity contribution is 0.0586. The van der Waals surface area contributed by atoms with E-state index in [0.29, 0.717) is 5.56 Å². The van der Waals surface area contributed by atoms with Gasteiger partial charge in [0.15, 0.2) is 0 Å². The Balaban J connectivity index is 1.62. The first-order chi connectivity index (χ1) is 11.3. The summed E-state index contributed by atoms with van der Waals surface area (Å²) in [5.74, 6) is 0.0844. The van der Waals surface area contributed by atoms with Crippen LogP contribution in [-0.2, 0) is 6.54 Å². The standard InChI is InChI=1S/C17H19N5O/c23-17(15-11-19-16-14(15)6-3-7-18-16)22-10-2-1-5-13(22)12-21-9-4-8-20-21/h3-4,6-9,11,13H,1-2,5,10,12H2,(H,18,19)/t13-/m0/s1. The summed E-state index contributed by atoms with van der Waals surface area (Å²) in [6, 6.07) is 5.92. The van der Waals surface area contributed by atoms with Crippen molar-refractivity contribution >= 4 is 16.9 Å². The Kier molecular flexibility index (Phi) is 3.57. The lowest BCUT2D eigenvalue weighted by Gasteiger charge is -2.35. The summed E-state index contributed by atoms with van der Waals surface area (Å²) in [6.07, 6.45) is 10.5. The largest absolute Gasteiger partial charge is 0.345 e. The van der Waals surface area contributed by atoms with Gasteiger partial charge in [-0.2, -0.15) is 5.10 Å². The van der Waals surface area contributed by atoms with Crippen LogP contribution in [-0.4, -0.2) is 43.1 Å². The summed E-state index contributed by atoms with van der Waals surface area (Å²) in [7, 11) is 0. The van der Waals surface area contributed by atoms with Crippen LogP contribution in [0.2, 0.25) is 0 Å². The number of nitrogens with zero attached hydrogens (tertiary/aromatic N) is 4. The van der Waals surface area contributed by atoms with Gasteiger partial charge in [0.25, 0.3) is 5.91 Å². The topological polar surface area (TPSA) is 66.8 Å². The normalized spacial score (nSPS) is 18.4. The van der Waals surface area contributed by atoms with Gasteiger partial charge in [-0.3, -0.25) is 9.48 Å². The van der Waals surface area contributed by atoms with Gasteiger partial charge in [0.05, 0.1) is 18.2 Å². The van der Waals surface area contributed by atoms with Gasteiger partial charge in [0.2, 0.25) is 0 Å². The predicted molar refractivity (Wildman–Crippen MR) is 87.0 cm³/mol. The number of fused-ring (bicyclic) bond motifs is 1. The third-order valence-electron chi connectivity index (χ3n) is 4.53. The van der Waals surface area contributed by atoms with E-state index in [1.807, 2.05) is 34.0 Å². The fourth-order valence-electron chi connectivity index (χ4n) is 3.37. The third-order valence-corrected chi connectivity index (χ3v) is 4.53. The number of likely N-dealkylation sites (tertiary alicyclic amines) is 1. The number of aromatic nitrogens is 4. The second-order valence-electron chi connectivity index (χ2n) is 5.98. The molecule has 6 nitrogen and oxygen atoms in total. The number of hydrogen-bond acceptors (Lipinski definition) is 3. The molecule has 4 heterocycles. The Bertz CT molecular complexity index is 807. The summed E-state index contributed by atoms with van der Waals surface area (Å²) in [6.45, 7) is 1.55. The van der Waals surface area contributed by atoms with Gasteiger partial charge in [0.1, 0.15) is 5.65 Å². The molecule has 6 heteroatoms. The molecule has 1 aliphatic rings. The molecule has 1 saturated heterocycles. The summed E-state index contributed by atoms with van der Waals surface area (Å²) in [5.41, 5.74) is 1.47.